The van der Waals surface area contributed by atoms with Crippen molar-refractivity contribution in [2.24, 2.45) is 0 Å². The van der Waals surface area contributed by atoms with Crippen LogP contribution in [-0.4, -0.2) is 134 Å². The number of hydrogen-bond donors (Lipinski definition) is 1. The molecule has 14 heteroatoms. The van der Waals surface area contributed by atoms with Crippen LogP contribution in [-0.2, 0) is 4.79 Å². The SMILES string of the molecule is COc1cnc(-n2cnc(C(=O)N3CCN(C)CC3)n2)c2[nH]cc(C(=O)C(=O)N3CCN(C(=O)c4ccccc4)CC3)c12. The number of aromatic nitrogens is 5. The molecule has 3 amide bonds. The fourth-order valence-electron chi connectivity index (χ4n) is 5.36. The van der Waals surface area contributed by atoms with Gasteiger partial charge in [-0.3, -0.25) is 19.2 Å². The molecular weight excluding hydrogens is 554 g/mol. The van der Waals surface area contributed by atoms with Gasteiger partial charge in [0.05, 0.1) is 29.8 Å². The largest absolute Gasteiger partial charge is 0.494 e. The highest BCUT2D eigenvalue weighted by atomic mass is 16.5. The first-order chi connectivity index (χ1) is 20.9. The zero-order chi connectivity index (χ0) is 30.1. The van der Waals surface area contributed by atoms with E-state index in [1.54, 1.807) is 34.1 Å². The Bertz CT molecular complexity index is 1680. The van der Waals surface area contributed by atoms with E-state index in [4.69, 9.17) is 4.74 Å². The van der Waals surface area contributed by atoms with Crippen LogP contribution in [0.15, 0.2) is 49.1 Å². The van der Waals surface area contributed by atoms with Crippen LogP contribution >= 0.6 is 0 Å². The van der Waals surface area contributed by atoms with E-state index in [0.717, 1.165) is 13.1 Å². The van der Waals surface area contributed by atoms with Crippen LogP contribution in [0.25, 0.3) is 16.7 Å². The number of ketones is 1. The second-order valence-electron chi connectivity index (χ2n) is 10.5. The Balaban J connectivity index is 1.20. The number of amides is 3. The van der Waals surface area contributed by atoms with Crippen LogP contribution in [0.5, 0.6) is 5.75 Å². The monoisotopic (exact) mass is 585 g/mol. The summed E-state index contributed by atoms with van der Waals surface area (Å²) < 4.78 is 6.85. The third kappa shape index (κ3) is 5.32. The average molecular weight is 586 g/mol. The summed E-state index contributed by atoms with van der Waals surface area (Å²) in [5, 5.41) is 4.74. The lowest BCUT2D eigenvalue weighted by molar-refractivity contribution is -0.127. The number of H-pyrrole nitrogens is 1. The molecule has 5 heterocycles. The molecule has 0 aliphatic carbocycles. The molecule has 2 aliphatic rings. The Morgan fingerprint density at radius 1 is 0.837 bits per heavy atom. The van der Waals surface area contributed by atoms with Gasteiger partial charge in [-0.05, 0) is 19.2 Å². The molecule has 43 heavy (non-hydrogen) atoms. The van der Waals surface area contributed by atoms with Crippen molar-refractivity contribution in [3.63, 3.8) is 0 Å². The highest BCUT2D eigenvalue weighted by Crippen LogP contribution is 2.32. The lowest BCUT2D eigenvalue weighted by atomic mass is 10.1. The Morgan fingerprint density at radius 2 is 1.49 bits per heavy atom. The Labute approximate surface area is 246 Å². The maximum atomic E-state index is 13.5. The van der Waals surface area contributed by atoms with Gasteiger partial charge in [0.15, 0.2) is 5.82 Å². The van der Waals surface area contributed by atoms with E-state index >= 15 is 0 Å². The van der Waals surface area contributed by atoms with Crippen molar-refractivity contribution in [1.82, 2.24) is 44.3 Å². The molecule has 14 nitrogen and oxygen atoms in total. The third-order valence-electron chi connectivity index (χ3n) is 7.88. The summed E-state index contributed by atoms with van der Waals surface area (Å²) in [5.74, 6) is -1.14. The fraction of sp³-hybridized carbons (Fsp3) is 0.345. The summed E-state index contributed by atoms with van der Waals surface area (Å²) in [6.07, 6.45) is 4.27. The van der Waals surface area contributed by atoms with Crippen LogP contribution in [0.4, 0.5) is 0 Å². The number of hydrogen-bond acceptors (Lipinski definition) is 9. The highest BCUT2D eigenvalue weighted by molar-refractivity contribution is 6.45. The zero-order valence-electron chi connectivity index (χ0n) is 23.9. The van der Waals surface area contributed by atoms with Gasteiger partial charge in [0.2, 0.25) is 5.82 Å². The van der Waals surface area contributed by atoms with Gasteiger partial charge in [0, 0.05) is 64.1 Å². The molecule has 6 rings (SSSR count). The van der Waals surface area contributed by atoms with Crippen LogP contribution in [0.3, 0.4) is 0 Å². The number of fused-ring (bicyclic) bond motifs is 1. The highest BCUT2D eigenvalue weighted by Gasteiger charge is 2.32. The predicted octanol–water partition coefficient (Wildman–Crippen LogP) is 0.707. The number of nitrogens with one attached hydrogen (secondary N) is 1. The smallest absolute Gasteiger partial charge is 0.295 e. The van der Waals surface area contributed by atoms with E-state index in [9.17, 15) is 19.2 Å². The maximum absolute atomic E-state index is 13.5. The van der Waals surface area contributed by atoms with Gasteiger partial charge in [0.25, 0.3) is 23.5 Å². The number of carbonyl (C=O) groups is 4. The van der Waals surface area contributed by atoms with Crippen molar-refractivity contribution in [3.05, 3.63) is 66.0 Å². The lowest BCUT2D eigenvalue weighted by Gasteiger charge is -2.34. The van der Waals surface area contributed by atoms with E-state index in [2.05, 4.69) is 25.0 Å². The number of Topliss-reactive ketones (excluding diaryl/α,β-unsaturated/α-hetero) is 1. The summed E-state index contributed by atoms with van der Waals surface area (Å²) in [6, 6.07) is 8.96. The van der Waals surface area contributed by atoms with Gasteiger partial charge < -0.3 is 29.3 Å². The number of benzene rings is 1. The average Bonchev–Trinajstić information content (AvgIpc) is 3.73. The van der Waals surface area contributed by atoms with Crippen molar-refractivity contribution >= 4 is 34.4 Å². The molecule has 0 radical (unpaired) electrons. The van der Waals surface area contributed by atoms with Crippen molar-refractivity contribution in [3.8, 4) is 11.6 Å². The second-order valence-corrected chi connectivity index (χ2v) is 10.5. The zero-order valence-corrected chi connectivity index (χ0v) is 23.9. The summed E-state index contributed by atoms with van der Waals surface area (Å²) in [6.45, 7) is 3.82. The molecule has 2 saturated heterocycles. The number of pyridine rings is 1. The third-order valence-corrected chi connectivity index (χ3v) is 7.88. The minimum absolute atomic E-state index is 0.0400. The molecule has 1 N–H and O–H groups in total. The van der Waals surface area contributed by atoms with Crippen LogP contribution in [0, 0.1) is 0 Å². The summed E-state index contributed by atoms with van der Waals surface area (Å²) in [5.41, 5.74) is 1.10. The maximum Gasteiger partial charge on any atom is 0.295 e. The molecule has 0 unspecified atom stereocenters. The predicted molar refractivity (Wildman–Crippen MR) is 154 cm³/mol. The van der Waals surface area contributed by atoms with Crippen molar-refractivity contribution in [1.29, 1.82) is 0 Å². The van der Waals surface area contributed by atoms with Gasteiger partial charge in [-0.2, -0.15) is 4.68 Å². The van der Waals surface area contributed by atoms with Crippen molar-refractivity contribution < 1.29 is 23.9 Å². The normalized spacial score (nSPS) is 16.0. The quantitative estimate of drug-likeness (QED) is 0.255. The van der Waals surface area contributed by atoms with Crippen LogP contribution < -0.4 is 4.74 Å². The molecule has 222 valence electrons. The molecule has 1 aromatic carbocycles. The number of nitrogens with zero attached hydrogens (tertiary/aromatic N) is 8. The number of methoxy groups -OCH3 is 1. The molecule has 3 aromatic heterocycles. The van der Waals surface area contributed by atoms with E-state index in [0.29, 0.717) is 54.2 Å². The molecule has 2 fully saturated rings. The molecule has 0 spiro atoms. The number of aromatic amines is 1. The molecule has 2 aliphatic heterocycles. The lowest BCUT2D eigenvalue weighted by Crippen LogP contribution is -2.52. The van der Waals surface area contributed by atoms with Crippen molar-refractivity contribution in [2.75, 3.05) is 66.5 Å². The van der Waals surface area contributed by atoms with E-state index < -0.39 is 11.7 Å². The fourth-order valence-corrected chi connectivity index (χ4v) is 5.36. The number of likely N-dealkylation sites (N-methyl/N-ethyl adjacent to an activating group) is 1. The standard InChI is InChI=1S/C29H31N9O5/c1-34-8-10-37(11-9-34)29(42)25-32-18-38(33-25)26-23-22(21(43-2)17-31-26)20(16-30-23)24(39)28(41)36-14-12-35(13-15-36)27(40)19-6-4-3-5-7-19/h3-7,16-18,30H,8-15H2,1-2H3. The number of ether oxygens (including phenoxy) is 1. The van der Waals surface area contributed by atoms with Gasteiger partial charge in [-0.15, -0.1) is 5.10 Å². The van der Waals surface area contributed by atoms with E-state index in [-0.39, 0.29) is 36.3 Å². The molecule has 0 bridgehead atoms. The summed E-state index contributed by atoms with van der Waals surface area (Å²) in [7, 11) is 3.46. The summed E-state index contributed by atoms with van der Waals surface area (Å²) in [4.78, 5) is 71.3. The van der Waals surface area contributed by atoms with E-state index in [1.807, 2.05) is 13.1 Å². The second kappa shape index (κ2) is 11.6. The Kier molecular flexibility index (Phi) is 7.59. The van der Waals surface area contributed by atoms with Gasteiger partial charge in [-0.25, -0.2) is 9.97 Å². The first-order valence-electron chi connectivity index (χ1n) is 14.0. The Hall–Kier alpha value is -5.11. The van der Waals surface area contributed by atoms with Gasteiger partial charge in [0.1, 0.15) is 12.1 Å². The first-order valence-corrected chi connectivity index (χ1v) is 14.0. The van der Waals surface area contributed by atoms with Crippen LogP contribution in [0.2, 0.25) is 0 Å². The van der Waals surface area contributed by atoms with Gasteiger partial charge >= 0.3 is 0 Å². The number of piperazine rings is 2. The van der Waals surface area contributed by atoms with E-state index in [1.165, 1.54) is 35.4 Å². The molecule has 0 saturated carbocycles. The molecule has 4 aromatic rings. The minimum Gasteiger partial charge on any atom is -0.494 e. The first kappa shape index (κ1) is 28.0. The summed E-state index contributed by atoms with van der Waals surface area (Å²) >= 11 is 0. The molecular formula is C29H31N9O5. The topological polar surface area (TPSA) is 150 Å². The van der Waals surface area contributed by atoms with Crippen LogP contribution in [0.1, 0.15) is 31.3 Å². The number of carbonyl (C=O) groups excluding carboxylic acids is 4. The number of rotatable bonds is 6. The molecule has 0 atom stereocenters. The van der Waals surface area contributed by atoms with Crippen molar-refractivity contribution in [2.45, 2.75) is 0 Å². The minimum atomic E-state index is -0.714. The Morgan fingerprint density at radius 3 is 2.19 bits per heavy atom. The van der Waals surface area contributed by atoms with Gasteiger partial charge in [-0.1, -0.05) is 18.2 Å².